The SMILES string of the molecule is C[C@@H](CC(=O)O)OC(=O)CS(=O)(=O)Nc1nn(CC(F)(F)F)c2c(-c3ccc(C#CC(C)(C)S(C)(=O)=O)nc3[C@H](Cc3cc(F)cc(F)c3)NC(=O)Cn3cc(C(F)(F)F)c4c3C(F)(F)[C@@H]3C[C@H]43)ccc(Cl)c12. The number of pyridine rings is 1. The first-order valence-corrected chi connectivity index (χ1v) is 25.3. The lowest BCUT2D eigenvalue weighted by atomic mass is 9.93. The van der Waals surface area contributed by atoms with Gasteiger partial charge < -0.3 is 19.7 Å². The highest BCUT2D eigenvalue weighted by Crippen LogP contribution is 2.69. The monoisotopic (exact) mass is 1100 g/mol. The summed E-state index contributed by atoms with van der Waals surface area (Å²) in [6.07, 6.45) is -12.0. The summed E-state index contributed by atoms with van der Waals surface area (Å²) in [5, 5.41) is 14.3. The van der Waals surface area contributed by atoms with E-state index in [0.29, 0.717) is 16.8 Å². The van der Waals surface area contributed by atoms with Crippen LogP contribution in [0.1, 0.15) is 79.3 Å². The number of benzene rings is 2. The van der Waals surface area contributed by atoms with Crippen molar-refractivity contribution in [1.29, 1.82) is 0 Å². The van der Waals surface area contributed by atoms with Crippen molar-refractivity contribution in [2.75, 3.05) is 16.7 Å². The van der Waals surface area contributed by atoms with E-state index in [4.69, 9.17) is 21.4 Å². The van der Waals surface area contributed by atoms with E-state index < -0.39 is 172 Å². The summed E-state index contributed by atoms with van der Waals surface area (Å²) < 4.78 is 204. The van der Waals surface area contributed by atoms with Crippen molar-refractivity contribution >= 4 is 66.0 Å². The van der Waals surface area contributed by atoms with Crippen molar-refractivity contribution in [1.82, 2.24) is 24.6 Å². The Morgan fingerprint density at radius 2 is 1.64 bits per heavy atom. The predicted molar refractivity (Wildman–Crippen MR) is 240 cm³/mol. The van der Waals surface area contributed by atoms with Crippen molar-refractivity contribution in [2.24, 2.45) is 5.92 Å². The van der Waals surface area contributed by atoms with Crippen LogP contribution in [0.4, 0.5) is 49.7 Å². The minimum Gasteiger partial charge on any atom is -0.481 e. The van der Waals surface area contributed by atoms with Crippen molar-refractivity contribution in [3.05, 3.63) is 99.1 Å². The van der Waals surface area contributed by atoms with Crippen LogP contribution in [-0.4, -0.2) is 88.2 Å². The van der Waals surface area contributed by atoms with E-state index in [0.717, 1.165) is 49.6 Å². The number of hydrogen-bond donors (Lipinski definition) is 3. The van der Waals surface area contributed by atoms with Crippen LogP contribution in [0.15, 0.2) is 48.7 Å². The molecule has 7 rings (SSSR count). The van der Waals surface area contributed by atoms with E-state index in [1.807, 2.05) is 4.72 Å². The number of anilines is 1. The highest BCUT2D eigenvalue weighted by Gasteiger charge is 2.67. The molecule has 1 saturated carbocycles. The number of nitrogens with one attached hydrogen (secondary N) is 2. The lowest BCUT2D eigenvalue weighted by molar-refractivity contribution is -0.149. The van der Waals surface area contributed by atoms with Gasteiger partial charge in [0, 0.05) is 35.6 Å². The molecule has 0 unspecified atom stereocenters. The van der Waals surface area contributed by atoms with Gasteiger partial charge in [-0.25, -0.2) is 30.6 Å². The van der Waals surface area contributed by atoms with E-state index in [1.165, 1.54) is 13.8 Å². The summed E-state index contributed by atoms with van der Waals surface area (Å²) in [7, 11) is -8.87. The Labute approximate surface area is 413 Å². The van der Waals surface area contributed by atoms with Crippen LogP contribution in [0, 0.1) is 29.4 Å². The van der Waals surface area contributed by atoms with Crippen LogP contribution in [-0.2, 0) is 70.6 Å². The van der Waals surface area contributed by atoms with Gasteiger partial charge in [0.05, 0.1) is 45.3 Å². The second kappa shape index (κ2) is 19.1. The van der Waals surface area contributed by atoms with Gasteiger partial charge in [0.15, 0.2) is 21.4 Å². The standard InChI is InChI=1S/C45H39ClF10N6O9S2/c1-21(11-34(64)65)71-35(66)19-73(69,70)60-41-37-31(46)8-7-27(39(37)62(59-41)20-43(49,50)51)26-6-5-25(9-10-42(2,3)72(4,67)68)57-38(26)32(14-22-12-23(47)15-24(48)13-22)58-33(63)18-61-17-30(45(54,55)56)36-28-16-29(28)44(52,53)40(36)61/h5-8,12-13,15,17,21,28-29,32H,11,14,16,18-20H2,1-4H3,(H,58,63)(H,59,60)(H,64,65)/t21-,28-,29+,32-/m0/s1. The fraction of sp³-hybridized carbons (Fsp3) is 0.400. The average Bonchev–Trinajstić information content (AvgIpc) is 3.75. The third-order valence-electron chi connectivity index (χ3n) is 11.9. The number of sulfone groups is 1. The number of halogens is 11. The number of hydrogen-bond acceptors (Lipinski definition) is 10. The van der Waals surface area contributed by atoms with Gasteiger partial charge in [-0.15, -0.1) is 0 Å². The molecule has 3 N–H and O–H groups in total. The number of rotatable bonds is 16. The maximum absolute atomic E-state index is 15.6. The smallest absolute Gasteiger partial charge is 0.418 e. The molecule has 2 aromatic carbocycles. The lowest BCUT2D eigenvalue weighted by Crippen LogP contribution is -2.34. The summed E-state index contributed by atoms with van der Waals surface area (Å²) in [6, 6.07) is 4.79. The molecule has 4 atom stereocenters. The van der Waals surface area contributed by atoms with Crippen LogP contribution in [0.3, 0.4) is 0 Å². The quantitative estimate of drug-likeness (QED) is 0.0489. The highest BCUT2D eigenvalue weighted by atomic mass is 35.5. The number of esters is 1. The number of ether oxygens (including phenoxy) is 1. The van der Waals surface area contributed by atoms with Gasteiger partial charge in [-0.05, 0) is 86.9 Å². The van der Waals surface area contributed by atoms with E-state index in [1.54, 1.807) is 0 Å². The highest BCUT2D eigenvalue weighted by molar-refractivity contribution is 7.93. The Morgan fingerprint density at radius 3 is 2.25 bits per heavy atom. The third-order valence-corrected chi connectivity index (χ3v) is 15.3. The maximum atomic E-state index is 15.6. The largest absolute Gasteiger partial charge is 0.481 e. The third kappa shape index (κ3) is 11.9. The summed E-state index contributed by atoms with van der Waals surface area (Å²) in [4.78, 5) is 42.2. The fourth-order valence-corrected chi connectivity index (χ4v) is 9.78. The molecule has 2 aliphatic carbocycles. The Balaban J connectivity index is 1.42. The molecule has 28 heteroatoms. The molecule has 0 spiro atoms. The predicted octanol–water partition coefficient (Wildman–Crippen LogP) is 8.04. The van der Waals surface area contributed by atoms with Gasteiger partial charge in [-0.3, -0.25) is 23.8 Å². The van der Waals surface area contributed by atoms with Crippen molar-refractivity contribution < 1.29 is 85.0 Å². The van der Waals surface area contributed by atoms with E-state index in [2.05, 4.69) is 27.2 Å². The first-order chi connectivity index (χ1) is 33.5. The summed E-state index contributed by atoms with van der Waals surface area (Å²) >= 11 is 6.54. The number of sulfonamides is 1. The van der Waals surface area contributed by atoms with Gasteiger partial charge in [0.2, 0.25) is 15.9 Å². The van der Waals surface area contributed by atoms with Gasteiger partial charge in [0.1, 0.15) is 41.3 Å². The van der Waals surface area contributed by atoms with Crippen LogP contribution in [0.5, 0.6) is 0 Å². The molecule has 3 heterocycles. The molecule has 0 saturated heterocycles. The molecule has 73 heavy (non-hydrogen) atoms. The van der Waals surface area contributed by atoms with Crippen LogP contribution < -0.4 is 10.0 Å². The van der Waals surface area contributed by atoms with Crippen LogP contribution >= 0.6 is 11.6 Å². The maximum Gasteiger partial charge on any atom is 0.418 e. The number of carbonyl (C=O) groups is 3. The zero-order valence-corrected chi connectivity index (χ0v) is 40.5. The molecule has 1 fully saturated rings. The number of carboxylic acids is 1. The molecule has 0 aliphatic heterocycles. The number of aromatic nitrogens is 4. The minimum atomic E-state index is -5.12. The Bertz CT molecular complexity index is 3360. The molecule has 0 radical (unpaired) electrons. The molecule has 15 nitrogen and oxygen atoms in total. The van der Waals surface area contributed by atoms with Crippen LogP contribution in [0.2, 0.25) is 5.02 Å². The lowest BCUT2D eigenvalue weighted by Gasteiger charge is -2.24. The summed E-state index contributed by atoms with van der Waals surface area (Å²) in [6.45, 7) is 0.452. The van der Waals surface area contributed by atoms with E-state index in [9.17, 15) is 66.3 Å². The molecular formula is C45H39ClF10N6O9S2. The van der Waals surface area contributed by atoms with Gasteiger partial charge in [-0.1, -0.05) is 23.6 Å². The zero-order chi connectivity index (χ0) is 54.1. The van der Waals surface area contributed by atoms with Gasteiger partial charge in [-0.2, -0.15) is 40.2 Å². The average molecular weight is 1100 g/mol. The molecule has 5 aromatic rings. The summed E-state index contributed by atoms with van der Waals surface area (Å²) in [5.41, 5.74) is -5.37. The van der Waals surface area contributed by atoms with E-state index in [-0.39, 0.29) is 33.5 Å². The van der Waals surface area contributed by atoms with Crippen LogP contribution in [0.25, 0.3) is 22.0 Å². The number of alkyl halides is 8. The number of aliphatic carboxylic acids is 1. The first-order valence-electron chi connectivity index (χ1n) is 21.4. The topological polar surface area (TPSA) is 209 Å². The molecule has 392 valence electrons. The number of fused-ring (bicyclic) bond motifs is 4. The first kappa shape index (κ1) is 54.4. The minimum absolute atomic E-state index is 0.238. The number of amides is 1. The molecule has 2 aliphatic rings. The second-order valence-electron chi connectivity index (χ2n) is 18.0. The van der Waals surface area contributed by atoms with Gasteiger partial charge in [0.25, 0.3) is 5.92 Å². The van der Waals surface area contributed by atoms with E-state index >= 15 is 8.78 Å². The number of carbonyl (C=O) groups excluding carboxylic acids is 2. The van der Waals surface area contributed by atoms with Crippen molar-refractivity contribution in [3.63, 3.8) is 0 Å². The van der Waals surface area contributed by atoms with Crippen molar-refractivity contribution in [3.8, 4) is 23.0 Å². The molecular weight excluding hydrogens is 1060 g/mol. The molecule has 0 bridgehead atoms. The number of carboxylic acid groups (broad SMARTS) is 1. The second-order valence-corrected chi connectivity index (χ2v) is 22.7. The zero-order valence-electron chi connectivity index (χ0n) is 38.1. The van der Waals surface area contributed by atoms with Crippen molar-refractivity contribution in [2.45, 2.75) is 94.2 Å². The molecule has 1 amide bonds. The number of nitrogens with zero attached hydrogens (tertiary/aromatic N) is 4. The Kier molecular flexibility index (Phi) is 14.3. The normalized spacial score (nSPS) is 17.2. The fourth-order valence-electron chi connectivity index (χ4n) is 8.42. The van der Waals surface area contributed by atoms with Gasteiger partial charge >= 0.3 is 24.3 Å². The Morgan fingerprint density at radius 1 is 1.00 bits per heavy atom. The Hall–Kier alpha value is -6.40. The molecule has 3 aromatic heterocycles. The summed E-state index contributed by atoms with van der Waals surface area (Å²) in [5.74, 6) is -10.1.